The van der Waals surface area contributed by atoms with Gasteiger partial charge in [0.05, 0.1) is 49.9 Å². The zero-order valence-corrected chi connectivity index (χ0v) is 33.4. The SMILES string of the molecule is O=C(CCCCCCCCCCC(=O)NCC1COC(=O)N1Cc1ccc(N2CCOCC2)c(F)c1)NCC1COC(=O)N1Cc1ccc(N2CCOCC2)c(F)c1. The number of anilines is 2. The molecule has 4 saturated heterocycles. The Morgan fingerprint density at radius 1 is 0.586 bits per heavy atom. The highest BCUT2D eigenvalue weighted by molar-refractivity contribution is 5.77. The third-order valence-corrected chi connectivity index (χ3v) is 11.2. The molecule has 2 N–H and O–H groups in total. The molecule has 0 radical (unpaired) electrons. The maximum absolute atomic E-state index is 14.9. The molecule has 0 bridgehead atoms. The first kappa shape index (κ1) is 42.9. The normalized spacial score (nSPS) is 19.7. The van der Waals surface area contributed by atoms with Crippen molar-refractivity contribution in [3.05, 3.63) is 59.2 Å². The predicted molar refractivity (Wildman–Crippen MR) is 212 cm³/mol. The van der Waals surface area contributed by atoms with Gasteiger partial charge in [-0.1, -0.05) is 50.7 Å². The summed E-state index contributed by atoms with van der Waals surface area (Å²) in [5.41, 5.74) is 2.37. The lowest BCUT2D eigenvalue weighted by Crippen LogP contribution is -2.42. The summed E-state index contributed by atoms with van der Waals surface area (Å²) in [6.45, 7) is 6.06. The van der Waals surface area contributed by atoms with Gasteiger partial charge < -0.3 is 39.4 Å². The minimum Gasteiger partial charge on any atom is -0.447 e. The zero-order valence-electron chi connectivity index (χ0n) is 33.4. The molecule has 4 fully saturated rings. The van der Waals surface area contributed by atoms with Gasteiger partial charge in [-0.15, -0.1) is 0 Å². The number of hydrogen-bond acceptors (Lipinski definition) is 10. The number of cyclic esters (lactones) is 2. The van der Waals surface area contributed by atoms with Crippen LogP contribution in [0.3, 0.4) is 0 Å². The monoisotopic (exact) mass is 812 g/mol. The van der Waals surface area contributed by atoms with E-state index in [2.05, 4.69) is 10.6 Å². The van der Waals surface area contributed by atoms with Crippen LogP contribution in [0.1, 0.15) is 75.3 Å². The average Bonchev–Trinajstić information content (AvgIpc) is 3.76. The van der Waals surface area contributed by atoms with Gasteiger partial charge in [0.15, 0.2) is 0 Å². The Bertz CT molecular complexity index is 1570. The van der Waals surface area contributed by atoms with Crippen molar-refractivity contribution < 1.29 is 46.9 Å². The number of nitrogens with one attached hydrogen (secondary N) is 2. The predicted octanol–water partition coefficient (Wildman–Crippen LogP) is 5.11. The lowest BCUT2D eigenvalue weighted by Gasteiger charge is -2.29. The third-order valence-electron chi connectivity index (χ3n) is 11.2. The highest BCUT2D eigenvalue weighted by Gasteiger charge is 2.34. The van der Waals surface area contributed by atoms with E-state index in [-0.39, 0.29) is 74.9 Å². The van der Waals surface area contributed by atoms with E-state index in [1.54, 1.807) is 12.1 Å². The summed E-state index contributed by atoms with van der Waals surface area (Å²) in [5.74, 6) is -0.806. The molecule has 4 amide bonds. The molecular weight excluding hydrogens is 754 g/mol. The van der Waals surface area contributed by atoms with E-state index in [9.17, 15) is 28.0 Å². The zero-order chi connectivity index (χ0) is 40.7. The van der Waals surface area contributed by atoms with Crippen molar-refractivity contribution in [2.75, 3.05) is 88.7 Å². The van der Waals surface area contributed by atoms with Gasteiger partial charge in [-0.25, -0.2) is 18.4 Å². The Kier molecular flexibility index (Phi) is 16.2. The van der Waals surface area contributed by atoms with Crippen LogP contribution < -0.4 is 20.4 Å². The number of nitrogens with zero attached hydrogens (tertiary/aromatic N) is 4. The van der Waals surface area contributed by atoms with Crippen LogP contribution in [0.4, 0.5) is 29.7 Å². The summed E-state index contributed by atoms with van der Waals surface area (Å²) in [6.07, 6.45) is 7.47. The molecule has 4 aliphatic rings. The van der Waals surface area contributed by atoms with Crippen LogP contribution in [0, 0.1) is 11.6 Å². The van der Waals surface area contributed by atoms with E-state index in [0.717, 1.165) is 51.4 Å². The first-order chi connectivity index (χ1) is 28.2. The fraction of sp³-hybridized carbons (Fsp3) is 0.619. The van der Waals surface area contributed by atoms with E-state index in [1.165, 1.54) is 21.9 Å². The highest BCUT2D eigenvalue weighted by atomic mass is 19.1. The second kappa shape index (κ2) is 21.9. The van der Waals surface area contributed by atoms with Crippen LogP contribution in [0.15, 0.2) is 36.4 Å². The van der Waals surface area contributed by atoms with Gasteiger partial charge in [-0.3, -0.25) is 19.4 Å². The van der Waals surface area contributed by atoms with Gasteiger partial charge in [0.2, 0.25) is 11.8 Å². The van der Waals surface area contributed by atoms with Gasteiger partial charge in [0.25, 0.3) is 0 Å². The number of benzene rings is 2. The Balaban J connectivity index is 0.775. The second-order valence-corrected chi connectivity index (χ2v) is 15.4. The lowest BCUT2D eigenvalue weighted by molar-refractivity contribution is -0.122. The van der Waals surface area contributed by atoms with Crippen molar-refractivity contribution in [3.8, 4) is 0 Å². The number of rotatable bonds is 21. The van der Waals surface area contributed by atoms with Crippen LogP contribution in [-0.2, 0) is 41.6 Å². The summed E-state index contributed by atoms with van der Waals surface area (Å²) < 4.78 is 51.0. The summed E-state index contributed by atoms with van der Waals surface area (Å²) >= 11 is 0. The Hall–Kier alpha value is -4.70. The topological polar surface area (TPSA) is 142 Å². The van der Waals surface area contributed by atoms with Gasteiger partial charge in [-0.2, -0.15) is 0 Å². The second-order valence-electron chi connectivity index (χ2n) is 15.4. The van der Waals surface area contributed by atoms with E-state index >= 15 is 0 Å². The van der Waals surface area contributed by atoms with Gasteiger partial charge >= 0.3 is 12.2 Å². The van der Waals surface area contributed by atoms with Crippen LogP contribution in [-0.4, -0.2) is 125 Å². The number of morpholine rings is 2. The number of amides is 4. The lowest BCUT2D eigenvalue weighted by atomic mass is 10.1. The van der Waals surface area contributed by atoms with Crippen LogP contribution >= 0.6 is 0 Å². The van der Waals surface area contributed by atoms with Crippen molar-refractivity contribution in [2.24, 2.45) is 0 Å². The third kappa shape index (κ3) is 12.4. The summed E-state index contributed by atoms with van der Waals surface area (Å²) in [5, 5.41) is 5.86. The number of carbonyl (C=O) groups excluding carboxylic acids is 4. The fourth-order valence-electron chi connectivity index (χ4n) is 7.79. The quantitative estimate of drug-likeness (QED) is 0.163. The van der Waals surface area contributed by atoms with Crippen molar-refractivity contribution in [2.45, 2.75) is 89.4 Å². The minimum absolute atomic E-state index is 0.0666. The van der Waals surface area contributed by atoms with Crippen LogP contribution in [0.5, 0.6) is 0 Å². The Morgan fingerprint density at radius 2 is 0.966 bits per heavy atom. The molecule has 0 spiro atoms. The van der Waals surface area contributed by atoms with Crippen molar-refractivity contribution in [1.82, 2.24) is 20.4 Å². The molecule has 0 aliphatic carbocycles. The summed E-state index contributed by atoms with van der Waals surface area (Å²) in [4.78, 5) is 56.9. The average molecular weight is 813 g/mol. The largest absolute Gasteiger partial charge is 0.447 e. The molecule has 2 aromatic carbocycles. The molecule has 0 saturated carbocycles. The minimum atomic E-state index is -0.473. The molecule has 318 valence electrons. The maximum atomic E-state index is 14.9. The molecular formula is C42H58F2N6O8. The molecule has 58 heavy (non-hydrogen) atoms. The van der Waals surface area contributed by atoms with E-state index in [1.807, 2.05) is 21.9 Å². The molecule has 4 heterocycles. The molecule has 0 aromatic heterocycles. The van der Waals surface area contributed by atoms with Crippen molar-refractivity contribution in [3.63, 3.8) is 0 Å². The smallest absolute Gasteiger partial charge is 0.410 e. The summed E-state index contributed by atoms with van der Waals surface area (Å²) in [6, 6.07) is 9.40. The van der Waals surface area contributed by atoms with Crippen molar-refractivity contribution in [1.29, 1.82) is 0 Å². The van der Waals surface area contributed by atoms with Crippen LogP contribution in [0.25, 0.3) is 0 Å². The van der Waals surface area contributed by atoms with E-state index < -0.39 is 12.2 Å². The fourth-order valence-corrected chi connectivity index (χ4v) is 7.79. The van der Waals surface area contributed by atoms with Gasteiger partial charge in [-0.05, 0) is 48.2 Å². The molecule has 2 unspecified atom stereocenters. The highest BCUT2D eigenvalue weighted by Crippen LogP contribution is 2.26. The molecule has 4 aliphatic heterocycles. The van der Waals surface area contributed by atoms with E-state index in [4.69, 9.17) is 18.9 Å². The number of unbranched alkanes of at least 4 members (excludes halogenated alkanes) is 7. The van der Waals surface area contributed by atoms with Crippen LogP contribution in [0.2, 0.25) is 0 Å². The van der Waals surface area contributed by atoms with E-state index in [0.29, 0.717) is 87.9 Å². The van der Waals surface area contributed by atoms with Gasteiger partial charge in [0.1, 0.15) is 24.8 Å². The molecule has 14 nitrogen and oxygen atoms in total. The summed E-state index contributed by atoms with van der Waals surface area (Å²) in [7, 11) is 0. The molecule has 2 atom stereocenters. The molecule has 2 aromatic rings. The molecule has 6 rings (SSSR count). The first-order valence-corrected chi connectivity index (χ1v) is 20.9. The number of carbonyl (C=O) groups is 4. The Labute approximate surface area is 339 Å². The maximum Gasteiger partial charge on any atom is 0.410 e. The number of hydrogen-bond donors (Lipinski definition) is 2. The standard InChI is InChI=1S/C42H58F2N6O8/c43-35-23-31(11-13-37(35)47-15-19-55-20-16-47)27-49-33(29-57-41(49)53)25-45-39(51)9-7-5-3-1-2-4-6-8-10-40(52)46-26-34-30-58-42(54)50(34)28-32-12-14-38(36(44)24-32)48-17-21-56-22-18-48/h11-14,23-24,33-34H,1-10,15-22,25-30H2,(H,45,51)(H,46,52). The van der Waals surface area contributed by atoms with Gasteiger partial charge in [0, 0.05) is 65.2 Å². The first-order valence-electron chi connectivity index (χ1n) is 20.9. The van der Waals surface area contributed by atoms with Crippen molar-refractivity contribution >= 4 is 35.4 Å². The number of halogens is 2. The number of ether oxygens (including phenoxy) is 4. The Morgan fingerprint density at radius 3 is 1.34 bits per heavy atom. The molecule has 16 heteroatoms.